The lowest BCUT2D eigenvalue weighted by atomic mass is 10.0. The summed E-state index contributed by atoms with van der Waals surface area (Å²) in [6, 6.07) is 18.1. The van der Waals surface area contributed by atoms with Crippen molar-refractivity contribution in [3.63, 3.8) is 0 Å². The number of urea groups is 1. The van der Waals surface area contributed by atoms with Crippen LogP contribution in [0, 0.1) is 5.92 Å². The monoisotopic (exact) mass is 430 g/mol. The molecular formula is C23H18N4O5. The van der Waals surface area contributed by atoms with Crippen molar-refractivity contribution in [3.8, 4) is 5.75 Å². The van der Waals surface area contributed by atoms with Crippen LogP contribution >= 0.6 is 0 Å². The molecule has 0 saturated carbocycles. The Morgan fingerprint density at radius 3 is 2.62 bits per heavy atom. The standard InChI is InChI=1S/C23H18N4O5/c1-32-16-9-5-8-15(12-16)27-22(30)19(20(28)25-23(27)31)13-24-26-21(29)18-11-4-7-14-6-2-3-10-17(14)18/h2-13,19H,1H3,(H,26,29)(H,25,28,31)/b24-13-/t19-/m1/s1. The first-order chi connectivity index (χ1) is 15.5. The summed E-state index contributed by atoms with van der Waals surface area (Å²) < 4.78 is 5.12. The summed E-state index contributed by atoms with van der Waals surface area (Å²) in [6.07, 6.45) is 1.00. The van der Waals surface area contributed by atoms with Crippen LogP contribution in [0.25, 0.3) is 10.8 Å². The van der Waals surface area contributed by atoms with Gasteiger partial charge in [-0.05, 0) is 29.0 Å². The van der Waals surface area contributed by atoms with Gasteiger partial charge in [0, 0.05) is 17.8 Å². The van der Waals surface area contributed by atoms with Crippen LogP contribution in [0.2, 0.25) is 0 Å². The summed E-state index contributed by atoms with van der Waals surface area (Å²) >= 11 is 0. The van der Waals surface area contributed by atoms with E-state index in [9.17, 15) is 19.2 Å². The highest BCUT2D eigenvalue weighted by atomic mass is 16.5. The number of anilines is 1. The Labute approximate surface area is 182 Å². The Morgan fingerprint density at radius 1 is 1.06 bits per heavy atom. The molecule has 3 aromatic rings. The molecule has 2 N–H and O–H groups in total. The molecule has 1 saturated heterocycles. The molecule has 0 aliphatic carbocycles. The maximum absolute atomic E-state index is 12.9. The van der Waals surface area contributed by atoms with Gasteiger partial charge >= 0.3 is 6.03 Å². The number of hydrogen-bond donors (Lipinski definition) is 2. The predicted octanol–water partition coefficient (Wildman–Crippen LogP) is 2.46. The molecule has 5 amide bonds. The minimum atomic E-state index is -1.40. The summed E-state index contributed by atoms with van der Waals surface area (Å²) in [5.74, 6) is -3.08. The van der Waals surface area contributed by atoms with Crippen molar-refractivity contribution in [1.29, 1.82) is 0 Å². The second-order valence-electron chi connectivity index (χ2n) is 6.89. The zero-order valence-electron chi connectivity index (χ0n) is 16.9. The number of nitrogens with zero attached hydrogens (tertiary/aromatic N) is 2. The van der Waals surface area contributed by atoms with Crippen LogP contribution in [-0.4, -0.2) is 37.1 Å². The van der Waals surface area contributed by atoms with Crippen LogP contribution in [0.15, 0.2) is 71.8 Å². The number of hydrazone groups is 1. The van der Waals surface area contributed by atoms with Crippen LogP contribution in [0.3, 0.4) is 0 Å². The maximum atomic E-state index is 12.9. The summed E-state index contributed by atoms with van der Waals surface area (Å²) in [4.78, 5) is 50.8. The molecule has 0 unspecified atom stereocenters. The first-order valence-electron chi connectivity index (χ1n) is 9.63. The molecule has 1 atom stereocenters. The van der Waals surface area contributed by atoms with Gasteiger partial charge in [-0.1, -0.05) is 42.5 Å². The fraction of sp³-hybridized carbons (Fsp3) is 0.0870. The molecular weight excluding hydrogens is 412 g/mol. The van der Waals surface area contributed by atoms with Crippen molar-refractivity contribution >= 4 is 46.4 Å². The summed E-state index contributed by atoms with van der Waals surface area (Å²) in [5.41, 5.74) is 2.97. The van der Waals surface area contributed by atoms with Crippen LogP contribution in [0.1, 0.15) is 10.4 Å². The molecule has 0 spiro atoms. The number of carbonyl (C=O) groups is 4. The summed E-state index contributed by atoms with van der Waals surface area (Å²) in [7, 11) is 1.45. The van der Waals surface area contributed by atoms with Gasteiger partial charge in [0.2, 0.25) is 5.91 Å². The number of barbiturate groups is 1. The van der Waals surface area contributed by atoms with Crippen molar-refractivity contribution in [2.24, 2.45) is 11.0 Å². The normalized spacial score (nSPS) is 16.3. The highest BCUT2D eigenvalue weighted by Crippen LogP contribution is 2.24. The Hall–Kier alpha value is -4.53. The number of imide groups is 2. The number of carbonyl (C=O) groups excluding carboxylic acids is 4. The smallest absolute Gasteiger partial charge is 0.335 e. The molecule has 160 valence electrons. The third-order valence-corrected chi connectivity index (χ3v) is 4.94. The van der Waals surface area contributed by atoms with Gasteiger partial charge in [0.05, 0.1) is 12.8 Å². The molecule has 1 heterocycles. The number of methoxy groups -OCH3 is 1. The minimum Gasteiger partial charge on any atom is -0.497 e. The first kappa shape index (κ1) is 20.7. The number of amides is 5. The second-order valence-corrected chi connectivity index (χ2v) is 6.89. The topological polar surface area (TPSA) is 117 Å². The Morgan fingerprint density at radius 2 is 1.81 bits per heavy atom. The number of fused-ring (bicyclic) bond motifs is 1. The van der Waals surface area contributed by atoms with E-state index in [-0.39, 0.29) is 5.69 Å². The third-order valence-electron chi connectivity index (χ3n) is 4.94. The largest absolute Gasteiger partial charge is 0.497 e. The SMILES string of the molecule is COc1cccc(N2C(=O)NC(=O)[C@@H](/C=N\NC(=O)c3cccc4ccccc34)C2=O)c1. The maximum Gasteiger partial charge on any atom is 0.335 e. The van der Waals surface area contributed by atoms with Crippen molar-refractivity contribution < 1.29 is 23.9 Å². The van der Waals surface area contributed by atoms with E-state index in [0.717, 1.165) is 21.9 Å². The van der Waals surface area contributed by atoms with Crippen LogP contribution in [0.5, 0.6) is 5.75 Å². The third kappa shape index (κ3) is 3.91. The lowest BCUT2D eigenvalue weighted by Crippen LogP contribution is -2.58. The van der Waals surface area contributed by atoms with Crippen LogP contribution in [0.4, 0.5) is 10.5 Å². The molecule has 0 aromatic heterocycles. The van der Waals surface area contributed by atoms with E-state index in [1.165, 1.54) is 19.2 Å². The zero-order chi connectivity index (χ0) is 22.7. The molecule has 9 nitrogen and oxygen atoms in total. The quantitative estimate of drug-likeness (QED) is 0.366. The number of benzene rings is 3. The number of nitrogens with one attached hydrogen (secondary N) is 2. The first-order valence-corrected chi connectivity index (χ1v) is 9.63. The number of rotatable bonds is 5. The molecule has 0 bridgehead atoms. The van der Waals surface area contributed by atoms with E-state index in [1.807, 2.05) is 30.3 Å². The van der Waals surface area contributed by atoms with E-state index >= 15 is 0 Å². The molecule has 1 aliphatic rings. The van der Waals surface area contributed by atoms with Gasteiger partial charge in [0.25, 0.3) is 11.8 Å². The van der Waals surface area contributed by atoms with Gasteiger partial charge in [-0.15, -0.1) is 0 Å². The van der Waals surface area contributed by atoms with Gasteiger partial charge < -0.3 is 4.74 Å². The summed E-state index contributed by atoms with van der Waals surface area (Å²) in [5, 5.41) is 7.55. The highest BCUT2D eigenvalue weighted by molar-refractivity contribution is 6.32. The van der Waals surface area contributed by atoms with E-state index < -0.39 is 29.7 Å². The van der Waals surface area contributed by atoms with Gasteiger partial charge in [-0.3, -0.25) is 19.7 Å². The highest BCUT2D eigenvalue weighted by Gasteiger charge is 2.40. The van der Waals surface area contributed by atoms with E-state index in [4.69, 9.17) is 4.74 Å². The molecule has 4 rings (SSSR count). The van der Waals surface area contributed by atoms with Gasteiger partial charge in [0.15, 0.2) is 5.92 Å². The number of hydrogen-bond acceptors (Lipinski definition) is 6. The van der Waals surface area contributed by atoms with Crippen molar-refractivity contribution in [1.82, 2.24) is 10.7 Å². The Kier molecular flexibility index (Phi) is 5.63. The van der Waals surface area contributed by atoms with Crippen molar-refractivity contribution in [2.45, 2.75) is 0 Å². The van der Waals surface area contributed by atoms with Crippen molar-refractivity contribution in [2.75, 3.05) is 12.0 Å². The molecule has 32 heavy (non-hydrogen) atoms. The van der Waals surface area contributed by atoms with Gasteiger partial charge in [-0.2, -0.15) is 5.10 Å². The fourth-order valence-electron chi connectivity index (χ4n) is 3.37. The molecule has 1 fully saturated rings. The second kappa shape index (κ2) is 8.68. The minimum absolute atomic E-state index is 0.234. The predicted molar refractivity (Wildman–Crippen MR) is 117 cm³/mol. The molecule has 1 aliphatic heterocycles. The fourth-order valence-corrected chi connectivity index (χ4v) is 3.37. The zero-order valence-corrected chi connectivity index (χ0v) is 16.9. The Bertz CT molecular complexity index is 1260. The lowest BCUT2D eigenvalue weighted by Gasteiger charge is -2.28. The van der Waals surface area contributed by atoms with Crippen LogP contribution in [-0.2, 0) is 9.59 Å². The number of ether oxygens (including phenoxy) is 1. The van der Waals surface area contributed by atoms with Gasteiger partial charge in [-0.25, -0.2) is 15.1 Å². The summed E-state index contributed by atoms with van der Waals surface area (Å²) in [6.45, 7) is 0. The van der Waals surface area contributed by atoms with Gasteiger partial charge in [0.1, 0.15) is 5.75 Å². The average molecular weight is 430 g/mol. The average Bonchev–Trinajstić information content (AvgIpc) is 2.80. The van der Waals surface area contributed by atoms with E-state index in [2.05, 4.69) is 15.8 Å². The van der Waals surface area contributed by atoms with E-state index in [0.29, 0.717) is 11.3 Å². The van der Waals surface area contributed by atoms with E-state index in [1.54, 1.807) is 24.3 Å². The molecule has 9 heteroatoms. The van der Waals surface area contributed by atoms with Crippen molar-refractivity contribution in [3.05, 3.63) is 72.3 Å². The Balaban J connectivity index is 1.53. The lowest BCUT2D eigenvalue weighted by molar-refractivity contribution is -0.131. The van der Waals surface area contributed by atoms with Crippen LogP contribution < -0.4 is 20.4 Å². The molecule has 0 radical (unpaired) electrons. The molecule has 3 aromatic carbocycles.